The minimum atomic E-state index is 0.593. The van der Waals surface area contributed by atoms with E-state index in [0.717, 1.165) is 49.6 Å². The lowest BCUT2D eigenvalue weighted by Crippen LogP contribution is -2.52. The van der Waals surface area contributed by atoms with Gasteiger partial charge in [-0.25, -0.2) is 0 Å². The highest BCUT2D eigenvalue weighted by Gasteiger charge is 2.29. The quantitative estimate of drug-likeness (QED) is 0.761. The molecule has 1 aliphatic carbocycles. The lowest BCUT2D eigenvalue weighted by atomic mass is 9.99. The molecule has 1 N–H and O–H groups in total. The first kappa shape index (κ1) is 16.4. The first-order chi connectivity index (χ1) is 13.3. The fourth-order valence-electron chi connectivity index (χ4n) is 4.09. The summed E-state index contributed by atoms with van der Waals surface area (Å²) in [5.74, 6) is 1.66. The van der Waals surface area contributed by atoms with E-state index in [1.54, 1.807) is 12.4 Å². The molecular weight excluding hydrogens is 334 g/mol. The molecular formula is C22H23N5. The number of hydrogen-bond acceptors (Lipinski definition) is 5. The molecule has 0 bridgehead atoms. The summed E-state index contributed by atoms with van der Waals surface area (Å²) in [6, 6.07) is 17.4. The Balaban J connectivity index is 1.11. The van der Waals surface area contributed by atoms with Crippen LogP contribution in [-0.4, -0.2) is 40.9 Å². The first-order valence-electron chi connectivity index (χ1n) is 9.64. The maximum Gasteiger partial charge on any atom is 0.151 e. The molecule has 1 fully saturated rings. The van der Waals surface area contributed by atoms with E-state index >= 15 is 0 Å². The van der Waals surface area contributed by atoms with Gasteiger partial charge in [-0.15, -0.1) is 10.2 Å². The summed E-state index contributed by atoms with van der Waals surface area (Å²) in [4.78, 5) is 6.35. The van der Waals surface area contributed by atoms with Crippen molar-refractivity contribution in [3.63, 3.8) is 0 Å². The second-order valence-electron chi connectivity index (χ2n) is 7.57. The van der Waals surface area contributed by atoms with E-state index in [2.05, 4.69) is 55.7 Å². The Labute approximate surface area is 159 Å². The van der Waals surface area contributed by atoms with Crippen LogP contribution in [0.4, 0.5) is 5.82 Å². The Kier molecular flexibility index (Phi) is 4.30. The largest absolute Gasteiger partial charge is 0.354 e. The Bertz CT molecular complexity index is 879. The van der Waals surface area contributed by atoms with Gasteiger partial charge in [-0.1, -0.05) is 24.3 Å². The third kappa shape index (κ3) is 3.43. The van der Waals surface area contributed by atoms with E-state index in [9.17, 15) is 0 Å². The van der Waals surface area contributed by atoms with Gasteiger partial charge in [0.05, 0.1) is 5.69 Å². The van der Waals surface area contributed by atoms with E-state index in [0.29, 0.717) is 12.0 Å². The number of rotatable bonds is 5. The molecule has 3 aromatic rings. The SMILES string of the molecule is c1ccc2c(c1)CC(NCC1CN(c3ccc(-c4ccncc4)nn3)C1)C2. The van der Waals surface area contributed by atoms with Gasteiger partial charge < -0.3 is 10.2 Å². The zero-order chi connectivity index (χ0) is 18.1. The number of fused-ring (bicyclic) bond motifs is 1. The molecule has 0 atom stereocenters. The Morgan fingerprint density at radius 1 is 0.889 bits per heavy atom. The van der Waals surface area contributed by atoms with Crippen LogP contribution in [0.1, 0.15) is 11.1 Å². The molecule has 1 aliphatic heterocycles. The summed E-state index contributed by atoms with van der Waals surface area (Å²) in [6.07, 6.45) is 5.88. The predicted octanol–water partition coefficient (Wildman–Crippen LogP) is 2.73. The van der Waals surface area contributed by atoms with Crippen molar-refractivity contribution in [2.24, 2.45) is 5.92 Å². The van der Waals surface area contributed by atoms with Crippen molar-refractivity contribution < 1.29 is 0 Å². The van der Waals surface area contributed by atoms with Crippen LogP contribution in [0.15, 0.2) is 60.9 Å². The van der Waals surface area contributed by atoms with Gasteiger partial charge in [0.15, 0.2) is 5.82 Å². The maximum atomic E-state index is 4.41. The Morgan fingerprint density at radius 3 is 2.30 bits per heavy atom. The van der Waals surface area contributed by atoms with Crippen molar-refractivity contribution in [1.29, 1.82) is 0 Å². The zero-order valence-corrected chi connectivity index (χ0v) is 15.3. The van der Waals surface area contributed by atoms with Crippen LogP contribution >= 0.6 is 0 Å². The highest BCUT2D eigenvalue weighted by Crippen LogP contribution is 2.25. The van der Waals surface area contributed by atoms with Gasteiger partial charge in [0.2, 0.25) is 0 Å². The summed E-state index contributed by atoms with van der Waals surface area (Å²) >= 11 is 0. The molecule has 0 spiro atoms. The standard InChI is InChI=1S/C22H23N5/c1-2-4-19-12-20(11-18(19)3-1)24-13-16-14-27(15-16)22-6-5-21(25-26-22)17-7-9-23-10-8-17/h1-10,16,20,24H,11-15H2. The van der Waals surface area contributed by atoms with Gasteiger partial charge in [-0.2, -0.15) is 0 Å². The molecule has 0 amide bonds. The third-order valence-electron chi connectivity index (χ3n) is 5.65. The smallest absolute Gasteiger partial charge is 0.151 e. The van der Waals surface area contributed by atoms with E-state index in [1.807, 2.05) is 18.2 Å². The maximum absolute atomic E-state index is 4.41. The van der Waals surface area contributed by atoms with E-state index in [4.69, 9.17) is 0 Å². The summed E-state index contributed by atoms with van der Waals surface area (Å²) in [5.41, 5.74) is 4.96. The number of anilines is 1. The average molecular weight is 357 g/mol. The molecule has 3 heterocycles. The van der Waals surface area contributed by atoms with E-state index in [1.165, 1.54) is 11.1 Å². The van der Waals surface area contributed by atoms with Gasteiger partial charge >= 0.3 is 0 Å². The lowest BCUT2D eigenvalue weighted by molar-refractivity contribution is 0.360. The van der Waals surface area contributed by atoms with Crippen LogP contribution in [0, 0.1) is 5.92 Å². The predicted molar refractivity (Wildman–Crippen MR) is 107 cm³/mol. The van der Waals surface area contributed by atoms with E-state index in [-0.39, 0.29) is 0 Å². The van der Waals surface area contributed by atoms with Crippen LogP contribution in [-0.2, 0) is 12.8 Å². The lowest BCUT2D eigenvalue weighted by Gasteiger charge is -2.40. The molecule has 5 nitrogen and oxygen atoms in total. The summed E-state index contributed by atoms with van der Waals surface area (Å²) < 4.78 is 0. The molecule has 0 unspecified atom stereocenters. The van der Waals surface area contributed by atoms with Crippen LogP contribution < -0.4 is 10.2 Å². The molecule has 1 saturated heterocycles. The normalized spacial score (nSPS) is 17.0. The summed E-state index contributed by atoms with van der Waals surface area (Å²) in [7, 11) is 0. The van der Waals surface area contributed by atoms with Crippen molar-refractivity contribution in [2.45, 2.75) is 18.9 Å². The molecule has 0 saturated carbocycles. The molecule has 5 heteroatoms. The van der Waals surface area contributed by atoms with Gasteiger partial charge in [-0.3, -0.25) is 4.98 Å². The monoisotopic (exact) mass is 357 g/mol. The summed E-state index contributed by atoms with van der Waals surface area (Å²) in [5, 5.41) is 12.5. The van der Waals surface area contributed by atoms with Crippen molar-refractivity contribution in [3.8, 4) is 11.3 Å². The second-order valence-corrected chi connectivity index (χ2v) is 7.57. The van der Waals surface area contributed by atoms with Crippen LogP contribution in [0.5, 0.6) is 0 Å². The molecule has 27 heavy (non-hydrogen) atoms. The number of nitrogens with zero attached hydrogens (tertiary/aromatic N) is 4. The number of benzene rings is 1. The van der Waals surface area contributed by atoms with Crippen LogP contribution in [0.25, 0.3) is 11.3 Å². The zero-order valence-electron chi connectivity index (χ0n) is 15.3. The number of nitrogens with one attached hydrogen (secondary N) is 1. The molecule has 136 valence electrons. The van der Waals surface area contributed by atoms with Gasteiger partial charge in [0.1, 0.15) is 0 Å². The van der Waals surface area contributed by atoms with Crippen LogP contribution in [0.2, 0.25) is 0 Å². The highest BCUT2D eigenvalue weighted by atomic mass is 15.3. The number of hydrogen-bond donors (Lipinski definition) is 1. The minimum Gasteiger partial charge on any atom is -0.354 e. The van der Waals surface area contributed by atoms with Crippen molar-refractivity contribution in [2.75, 3.05) is 24.5 Å². The first-order valence-corrected chi connectivity index (χ1v) is 9.64. The van der Waals surface area contributed by atoms with Crippen molar-refractivity contribution >= 4 is 5.82 Å². The molecule has 5 rings (SSSR count). The van der Waals surface area contributed by atoms with Crippen molar-refractivity contribution in [3.05, 3.63) is 72.1 Å². The van der Waals surface area contributed by atoms with E-state index < -0.39 is 0 Å². The molecule has 2 aliphatic rings. The van der Waals surface area contributed by atoms with Gasteiger partial charge in [0.25, 0.3) is 0 Å². The van der Waals surface area contributed by atoms with Crippen molar-refractivity contribution in [1.82, 2.24) is 20.5 Å². The van der Waals surface area contributed by atoms with Crippen LogP contribution in [0.3, 0.4) is 0 Å². The van der Waals surface area contributed by atoms with Gasteiger partial charge in [-0.05, 0) is 48.2 Å². The molecule has 0 radical (unpaired) electrons. The Morgan fingerprint density at radius 2 is 1.63 bits per heavy atom. The fraction of sp³-hybridized carbons (Fsp3) is 0.318. The number of pyridine rings is 1. The summed E-state index contributed by atoms with van der Waals surface area (Å²) in [6.45, 7) is 3.18. The van der Waals surface area contributed by atoms with Gasteiger partial charge in [0, 0.05) is 49.6 Å². The minimum absolute atomic E-state index is 0.593. The number of aromatic nitrogens is 3. The third-order valence-corrected chi connectivity index (χ3v) is 5.65. The highest BCUT2D eigenvalue weighted by molar-refractivity contribution is 5.59. The molecule has 2 aromatic heterocycles. The fourth-order valence-corrected chi connectivity index (χ4v) is 4.09. The molecule has 1 aromatic carbocycles. The average Bonchev–Trinajstić information content (AvgIpc) is 3.11. The second kappa shape index (κ2) is 7.08. The Hall–Kier alpha value is -2.79. The topological polar surface area (TPSA) is 53.9 Å².